The number of carbonyl (C=O) groups is 2. The number of halogens is 1. The highest BCUT2D eigenvalue weighted by Crippen LogP contribution is 2.18. The number of piperidine rings is 1. The number of nitrogens with zero attached hydrogens (tertiary/aromatic N) is 1. The van der Waals surface area contributed by atoms with E-state index in [1.807, 2.05) is 4.90 Å². The molecule has 2 rings (SSSR count). The number of hydrogen-bond donors (Lipinski definition) is 1. The molecule has 1 saturated heterocycles. The summed E-state index contributed by atoms with van der Waals surface area (Å²) in [6, 6.07) is 7.15. The number of hydrogen-bond acceptors (Lipinski definition) is 3. The molecule has 1 fully saturated rings. The monoisotopic (exact) mass is 324 g/mol. The Balaban J connectivity index is 1.64. The zero-order valence-electron chi connectivity index (χ0n) is 12.5. The molecule has 22 heavy (non-hydrogen) atoms. The van der Waals surface area contributed by atoms with Crippen molar-refractivity contribution in [3.8, 4) is 5.75 Å². The van der Waals surface area contributed by atoms with Gasteiger partial charge >= 0.3 is 0 Å². The fraction of sp³-hybridized carbons (Fsp3) is 0.500. The van der Waals surface area contributed by atoms with Gasteiger partial charge in [-0.05, 0) is 43.5 Å². The first-order chi connectivity index (χ1) is 10.6. The number of benzene rings is 1. The maximum absolute atomic E-state index is 12.1. The van der Waals surface area contributed by atoms with Gasteiger partial charge in [0.2, 0.25) is 11.8 Å². The molecule has 0 saturated carbocycles. The van der Waals surface area contributed by atoms with Crippen LogP contribution in [0.4, 0.5) is 0 Å². The first kappa shape index (κ1) is 16.6. The minimum Gasteiger partial charge on any atom is -0.494 e. The number of primary amides is 1. The molecule has 1 aliphatic rings. The number of carbonyl (C=O) groups excluding carboxylic acids is 2. The number of amides is 2. The lowest BCUT2D eigenvalue weighted by Crippen LogP contribution is -2.41. The third-order valence-corrected chi connectivity index (χ3v) is 4.12. The van der Waals surface area contributed by atoms with Gasteiger partial charge in [0.25, 0.3) is 0 Å². The highest BCUT2D eigenvalue weighted by Gasteiger charge is 2.25. The van der Waals surface area contributed by atoms with E-state index in [0.29, 0.717) is 50.4 Å². The molecule has 2 N–H and O–H groups in total. The molecular formula is C16H21ClN2O3. The lowest BCUT2D eigenvalue weighted by molar-refractivity contribution is -0.135. The van der Waals surface area contributed by atoms with Crippen LogP contribution in [0.1, 0.15) is 25.7 Å². The summed E-state index contributed by atoms with van der Waals surface area (Å²) in [5, 5.41) is 0.668. The van der Waals surface area contributed by atoms with Gasteiger partial charge in [0.15, 0.2) is 0 Å². The molecule has 1 aromatic carbocycles. The number of rotatable bonds is 6. The summed E-state index contributed by atoms with van der Waals surface area (Å²) in [4.78, 5) is 25.0. The normalized spacial score (nSPS) is 15.6. The minimum atomic E-state index is -0.261. The largest absolute Gasteiger partial charge is 0.494 e. The van der Waals surface area contributed by atoms with Gasteiger partial charge in [-0.15, -0.1) is 0 Å². The van der Waals surface area contributed by atoms with Crippen LogP contribution in [-0.4, -0.2) is 36.4 Å². The van der Waals surface area contributed by atoms with Crippen molar-refractivity contribution < 1.29 is 14.3 Å². The van der Waals surface area contributed by atoms with Crippen LogP contribution in [0, 0.1) is 5.92 Å². The quantitative estimate of drug-likeness (QED) is 0.815. The van der Waals surface area contributed by atoms with Crippen LogP contribution in [0.5, 0.6) is 5.75 Å². The Labute approximate surface area is 135 Å². The van der Waals surface area contributed by atoms with Gasteiger partial charge < -0.3 is 15.4 Å². The van der Waals surface area contributed by atoms with E-state index in [2.05, 4.69) is 0 Å². The van der Waals surface area contributed by atoms with Gasteiger partial charge in [-0.1, -0.05) is 11.6 Å². The second-order valence-corrected chi connectivity index (χ2v) is 5.90. The Morgan fingerprint density at radius 2 is 1.86 bits per heavy atom. The first-order valence-electron chi connectivity index (χ1n) is 7.51. The van der Waals surface area contributed by atoms with Crippen molar-refractivity contribution in [2.45, 2.75) is 25.7 Å². The van der Waals surface area contributed by atoms with Crippen LogP contribution in [-0.2, 0) is 9.59 Å². The highest BCUT2D eigenvalue weighted by atomic mass is 35.5. The topological polar surface area (TPSA) is 72.6 Å². The van der Waals surface area contributed by atoms with E-state index in [0.717, 1.165) is 5.75 Å². The van der Waals surface area contributed by atoms with E-state index in [-0.39, 0.29) is 17.7 Å². The molecule has 120 valence electrons. The molecule has 1 heterocycles. The van der Waals surface area contributed by atoms with E-state index in [9.17, 15) is 9.59 Å². The van der Waals surface area contributed by atoms with Crippen LogP contribution < -0.4 is 10.5 Å². The first-order valence-corrected chi connectivity index (χ1v) is 7.89. The third-order valence-electron chi connectivity index (χ3n) is 3.87. The van der Waals surface area contributed by atoms with Crippen LogP contribution >= 0.6 is 11.6 Å². The van der Waals surface area contributed by atoms with Gasteiger partial charge in [0.1, 0.15) is 5.75 Å². The van der Waals surface area contributed by atoms with E-state index < -0.39 is 0 Å². The molecule has 6 heteroatoms. The molecule has 0 radical (unpaired) electrons. The standard InChI is InChI=1S/C16H21ClN2O3/c17-13-3-5-14(6-4-13)22-11-1-2-15(20)19-9-7-12(8-10-19)16(18)21/h3-6,12H,1-2,7-11H2,(H2,18,21). The number of nitrogens with two attached hydrogens (primary N) is 1. The van der Waals surface area contributed by atoms with E-state index in [1.54, 1.807) is 24.3 Å². The fourth-order valence-electron chi connectivity index (χ4n) is 2.52. The maximum atomic E-state index is 12.1. The van der Waals surface area contributed by atoms with Crippen LogP contribution in [0.3, 0.4) is 0 Å². The van der Waals surface area contributed by atoms with Gasteiger partial charge in [0.05, 0.1) is 6.61 Å². The maximum Gasteiger partial charge on any atom is 0.222 e. The summed E-state index contributed by atoms with van der Waals surface area (Å²) in [6.07, 6.45) is 2.46. The Bertz CT molecular complexity index is 511. The van der Waals surface area contributed by atoms with Crippen molar-refractivity contribution in [2.75, 3.05) is 19.7 Å². The molecule has 0 bridgehead atoms. The molecule has 2 amide bonds. The zero-order chi connectivity index (χ0) is 15.9. The van der Waals surface area contributed by atoms with Crippen molar-refractivity contribution >= 4 is 23.4 Å². The lowest BCUT2D eigenvalue weighted by Gasteiger charge is -2.30. The highest BCUT2D eigenvalue weighted by molar-refractivity contribution is 6.30. The van der Waals surface area contributed by atoms with E-state index >= 15 is 0 Å². The predicted octanol–water partition coefficient (Wildman–Crippen LogP) is 2.22. The molecule has 1 aromatic rings. The Hall–Kier alpha value is -1.75. The van der Waals surface area contributed by atoms with Crippen LogP contribution in [0.15, 0.2) is 24.3 Å². The summed E-state index contributed by atoms with van der Waals surface area (Å²) < 4.78 is 5.56. The third kappa shape index (κ3) is 4.91. The number of likely N-dealkylation sites (tertiary alicyclic amines) is 1. The second kappa shape index (κ2) is 8.03. The SMILES string of the molecule is NC(=O)C1CCN(C(=O)CCCOc2ccc(Cl)cc2)CC1. The van der Waals surface area contributed by atoms with Crippen molar-refractivity contribution in [1.82, 2.24) is 4.90 Å². The summed E-state index contributed by atoms with van der Waals surface area (Å²) in [5.41, 5.74) is 5.28. The lowest BCUT2D eigenvalue weighted by atomic mass is 9.96. The smallest absolute Gasteiger partial charge is 0.222 e. The molecule has 0 aliphatic carbocycles. The van der Waals surface area contributed by atoms with Crippen LogP contribution in [0.25, 0.3) is 0 Å². The number of ether oxygens (including phenoxy) is 1. The van der Waals surface area contributed by atoms with Gasteiger partial charge in [0, 0.05) is 30.5 Å². The van der Waals surface area contributed by atoms with E-state index in [4.69, 9.17) is 22.1 Å². The average Bonchev–Trinajstić information content (AvgIpc) is 2.53. The summed E-state index contributed by atoms with van der Waals surface area (Å²) in [5.74, 6) is 0.516. The van der Waals surface area contributed by atoms with Gasteiger partial charge in [-0.3, -0.25) is 9.59 Å². The molecular weight excluding hydrogens is 304 g/mol. The molecule has 0 aromatic heterocycles. The molecule has 0 spiro atoms. The van der Waals surface area contributed by atoms with Crippen molar-refractivity contribution in [1.29, 1.82) is 0 Å². The Morgan fingerprint density at radius 3 is 2.45 bits per heavy atom. The second-order valence-electron chi connectivity index (χ2n) is 5.46. The van der Waals surface area contributed by atoms with Gasteiger partial charge in [-0.25, -0.2) is 0 Å². The fourth-order valence-corrected chi connectivity index (χ4v) is 2.64. The van der Waals surface area contributed by atoms with Crippen LogP contribution in [0.2, 0.25) is 5.02 Å². The zero-order valence-corrected chi connectivity index (χ0v) is 13.2. The summed E-state index contributed by atoms with van der Waals surface area (Å²) >= 11 is 5.80. The Morgan fingerprint density at radius 1 is 1.23 bits per heavy atom. The molecule has 5 nitrogen and oxygen atoms in total. The van der Waals surface area contributed by atoms with Gasteiger partial charge in [-0.2, -0.15) is 0 Å². The predicted molar refractivity (Wildman–Crippen MR) is 84.7 cm³/mol. The van der Waals surface area contributed by atoms with Crippen molar-refractivity contribution in [2.24, 2.45) is 11.7 Å². The summed E-state index contributed by atoms with van der Waals surface area (Å²) in [7, 11) is 0. The van der Waals surface area contributed by atoms with E-state index in [1.165, 1.54) is 0 Å². The molecule has 0 atom stereocenters. The van der Waals surface area contributed by atoms with Crippen molar-refractivity contribution in [3.63, 3.8) is 0 Å². The minimum absolute atomic E-state index is 0.0858. The summed E-state index contributed by atoms with van der Waals surface area (Å²) in [6.45, 7) is 1.72. The molecule has 0 unspecified atom stereocenters. The Kier molecular flexibility index (Phi) is 6.07. The average molecular weight is 325 g/mol. The van der Waals surface area contributed by atoms with Crippen molar-refractivity contribution in [3.05, 3.63) is 29.3 Å². The molecule has 1 aliphatic heterocycles.